The van der Waals surface area contributed by atoms with Crippen LogP contribution in [0.4, 0.5) is 5.13 Å². The third kappa shape index (κ3) is 2.34. The Labute approximate surface area is 124 Å². The Hall–Kier alpha value is -1.73. The molecule has 2 atom stereocenters. The summed E-state index contributed by atoms with van der Waals surface area (Å²) in [4.78, 5) is 31.1. The molecule has 0 aliphatic carbocycles. The van der Waals surface area contributed by atoms with E-state index in [0.717, 1.165) is 4.88 Å². The first-order valence-electron chi connectivity index (χ1n) is 6.16. The van der Waals surface area contributed by atoms with E-state index in [1.165, 1.54) is 11.3 Å². The van der Waals surface area contributed by atoms with Crippen molar-refractivity contribution in [1.29, 1.82) is 0 Å². The second-order valence-electron chi connectivity index (χ2n) is 4.60. The number of amides is 2. The molecule has 0 saturated carbocycles. The first kappa shape index (κ1) is 13.3. The van der Waals surface area contributed by atoms with Crippen LogP contribution < -0.4 is 5.32 Å². The van der Waals surface area contributed by atoms with Gasteiger partial charge in [-0.3, -0.25) is 9.59 Å². The molecule has 104 valence electrons. The minimum atomic E-state index is -0.366. The molecule has 7 heteroatoms. The first-order chi connectivity index (χ1) is 9.66. The first-order valence-corrected chi connectivity index (χ1v) is 7.92. The smallest absolute Gasteiger partial charge is 0.232 e. The van der Waals surface area contributed by atoms with Gasteiger partial charge in [-0.1, -0.05) is 6.07 Å². The number of likely N-dealkylation sites (tertiary alicyclic amines) is 1. The Kier molecular flexibility index (Phi) is 3.54. The number of thiophene rings is 1. The molecule has 0 aromatic carbocycles. The standard InChI is InChI=1S/C13H13N3O2S2/c1-16-10(17)7-8(11(16)9-3-2-5-19-9)12(18)15-13-14-4-6-20-13/h2-6,8,11H,7H2,1H3,(H,14,15,18)/t8-,11+/m1/s1. The summed E-state index contributed by atoms with van der Waals surface area (Å²) in [6.07, 6.45) is 1.89. The molecule has 0 radical (unpaired) electrons. The molecule has 0 spiro atoms. The zero-order valence-electron chi connectivity index (χ0n) is 10.8. The van der Waals surface area contributed by atoms with Crippen molar-refractivity contribution >= 4 is 39.6 Å². The molecule has 5 nitrogen and oxygen atoms in total. The summed E-state index contributed by atoms with van der Waals surface area (Å²) in [7, 11) is 1.75. The molecule has 1 aliphatic heterocycles. The highest BCUT2D eigenvalue weighted by Gasteiger charge is 2.43. The Morgan fingerprint density at radius 1 is 1.45 bits per heavy atom. The fraction of sp³-hybridized carbons (Fsp3) is 0.308. The zero-order valence-corrected chi connectivity index (χ0v) is 12.4. The van der Waals surface area contributed by atoms with Crippen molar-refractivity contribution in [2.45, 2.75) is 12.5 Å². The van der Waals surface area contributed by atoms with Crippen molar-refractivity contribution in [3.8, 4) is 0 Å². The summed E-state index contributed by atoms with van der Waals surface area (Å²) in [6.45, 7) is 0. The third-order valence-corrected chi connectivity index (χ3v) is 5.05. The predicted octanol–water partition coefficient (Wildman–Crippen LogP) is 2.36. The van der Waals surface area contributed by atoms with Crippen molar-refractivity contribution < 1.29 is 9.59 Å². The molecular weight excluding hydrogens is 294 g/mol. The highest BCUT2D eigenvalue weighted by molar-refractivity contribution is 7.13. The molecule has 0 bridgehead atoms. The van der Waals surface area contributed by atoms with Crippen LogP contribution in [0.3, 0.4) is 0 Å². The highest BCUT2D eigenvalue weighted by atomic mass is 32.1. The minimum absolute atomic E-state index is 0.00249. The molecule has 3 rings (SSSR count). The van der Waals surface area contributed by atoms with E-state index in [9.17, 15) is 9.59 Å². The van der Waals surface area contributed by atoms with E-state index < -0.39 is 0 Å². The molecular formula is C13H13N3O2S2. The van der Waals surface area contributed by atoms with Gasteiger partial charge >= 0.3 is 0 Å². The number of anilines is 1. The van der Waals surface area contributed by atoms with Crippen LogP contribution in [-0.2, 0) is 9.59 Å². The van der Waals surface area contributed by atoms with Crippen molar-refractivity contribution in [3.63, 3.8) is 0 Å². The maximum Gasteiger partial charge on any atom is 0.232 e. The van der Waals surface area contributed by atoms with Gasteiger partial charge in [0.05, 0.1) is 12.0 Å². The van der Waals surface area contributed by atoms with Gasteiger partial charge in [0, 0.05) is 29.9 Å². The lowest BCUT2D eigenvalue weighted by Gasteiger charge is -2.22. The maximum atomic E-state index is 12.4. The normalized spacial score (nSPS) is 22.2. The number of thiazole rings is 1. The van der Waals surface area contributed by atoms with Crippen LogP contribution in [0.25, 0.3) is 0 Å². The number of nitrogens with zero attached hydrogens (tertiary/aromatic N) is 2. The number of aromatic nitrogens is 1. The van der Waals surface area contributed by atoms with Crippen molar-refractivity contribution in [2.24, 2.45) is 5.92 Å². The second-order valence-corrected chi connectivity index (χ2v) is 6.48. The van der Waals surface area contributed by atoms with Crippen molar-refractivity contribution in [2.75, 3.05) is 12.4 Å². The lowest BCUT2D eigenvalue weighted by atomic mass is 9.98. The summed E-state index contributed by atoms with van der Waals surface area (Å²) in [5, 5.41) is 7.13. The fourth-order valence-corrected chi connectivity index (χ4v) is 3.90. The number of nitrogens with one attached hydrogen (secondary N) is 1. The molecule has 1 fully saturated rings. The van der Waals surface area contributed by atoms with Crippen molar-refractivity contribution in [1.82, 2.24) is 9.88 Å². The number of hydrogen-bond acceptors (Lipinski definition) is 5. The van der Waals surface area contributed by atoms with E-state index in [-0.39, 0.29) is 30.2 Å². The Morgan fingerprint density at radius 3 is 2.95 bits per heavy atom. The number of rotatable bonds is 3. The lowest BCUT2D eigenvalue weighted by Crippen LogP contribution is -2.29. The zero-order chi connectivity index (χ0) is 14.1. The molecule has 1 aliphatic rings. The van der Waals surface area contributed by atoms with E-state index in [1.807, 2.05) is 17.5 Å². The van der Waals surface area contributed by atoms with Gasteiger partial charge in [-0.25, -0.2) is 4.98 Å². The quantitative estimate of drug-likeness (QED) is 0.947. The largest absolute Gasteiger partial charge is 0.337 e. The topological polar surface area (TPSA) is 62.3 Å². The fourth-order valence-electron chi connectivity index (χ4n) is 2.44. The number of carbonyl (C=O) groups is 2. The molecule has 20 heavy (non-hydrogen) atoms. The van der Waals surface area contributed by atoms with Gasteiger partial charge in [0.25, 0.3) is 0 Å². The third-order valence-electron chi connectivity index (χ3n) is 3.42. The van der Waals surface area contributed by atoms with Gasteiger partial charge in [0.15, 0.2) is 5.13 Å². The Bertz CT molecular complexity index is 610. The molecule has 2 aromatic heterocycles. The van der Waals surface area contributed by atoms with Gasteiger partial charge in [-0.2, -0.15) is 0 Å². The number of hydrogen-bond donors (Lipinski definition) is 1. The van der Waals surface area contributed by atoms with Gasteiger partial charge in [0.2, 0.25) is 11.8 Å². The van der Waals surface area contributed by atoms with E-state index in [4.69, 9.17) is 0 Å². The van der Waals surface area contributed by atoms with Crippen LogP contribution >= 0.6 is 22.7 Å². The molecule has 2 aromatic rings. The summed E-state index contributed by atoms with van der Waals surface area (Å²) in [6, 6.07) is 3.73. The molecule has 0 unspecified atom stereocenters. The highest BCUT2D eigenvalue weighted by Crippen LogP contribution is 2.39. The minimum Gasteiger partial charge on any atom is -0.337 e. The van der Waals surface area contributed by atoms with Crippen LogP contribution in [0.15, 0.2) is 29.1 Å². The van der Waals surface area contributed by atoms with Crippen LogP contribution in [0.2, 0.25) is 0 Å². The predicted molar refractivity (Wildman–Crippen MR) is 78.7 cm³/mol. The molecule has 1 saturated heterocycles. The summed E-state index contributed by atoms with van der Waals surface area (Å²) in [5.41, 5.74) is 0. The van der Waals surface area contributed by atoms with Crippen molar-refractivity contribution in [3.05, 3.63) is 34.0 Å². The van der Waals surface area contributed by atoms with Crippen LogP contribution in [0.1, 0.15) is 17.3 Å². The van der Waals surface area contributed by atoms with Crippen LogP contribution in [-0.4, -0.2) is 28.7 Å². The number of carbonyl (C=O) groups excluding carboxylic acids is 2. The summed E-state index contributed by atoms with van der Waals surface area (Å²) in [5.74, 6) is -0.506. The lowest BCUT2D eigenvalue weighted by molar-refractivity contribution is -0.127. The van der Waals surface area contributed by atoms with E-state index in [1.54, 1.807) is 34.9 Å². The van der Waals surface area contributed by atoms with Gasteiger partial charge in [-0.05, 0) is 11.4 Å². The Morgan fingerprint density at radius 2 is 2.30 bits per heavy atom. The average molecular weight is 307 g/mol. The van der Waals surface area contributed by atoms with E-state index in [0.29, 0.717) is 5.13 Å². The maximum absolute atomic E-state index is 12.4. The summed E-state index contributed by atoms with van der Waals surface area (Å²) >= 11 is 2.94. The average Bonchev–Trinajstić information content (AvgIpc) is 3.13. The van der Waals surface area contributed by atoms with Gasteiger partial charge < -0.3 is 10.2 Å². The SMILES string of the molecule is CN1C(=O)C[C@@H](C(=O)Nc2nccs2)[C@H]1c1cccs1. The Balaban J connectivity index is 1.83. The van der Waals surface area contributed by atoms with Crippen LogP contribution in [0, 0.1) is 5.92 Å². The molecule has 1 N–H and O–H groups in total. The monoisotopic (exact) mass is 307 g/mol. The van der Waals surface area contributed by atoms with E-state index >= 15 is 0 Å². The summed E-state index contributed by atoms with van der Waals surface area (Å²) < 4.78 is 0. The molecule has 2 amide bonds. The van der Waals surface area contributed by atoms with E-state index in [2.05, 4.69) is 10.3 Å². The second kappa shape index (κ2) is 5.34. The molecule has 3 heterocycles. The van der Waals surface area contributed by atoms with Gasteiger partial charge in [0.1, 0.15) is 0 Å². The van der Waals surface area contributed by atoms with Gasteiger partial charge in [-0.15, -0.1) is 22.7 Å². The van der Waals surface area contributed by atoms with Crippen LogP contribution in [0.5, 0.6) is 0 Å².